The van der Waals surface area contributed by atoms with Crippen molar-refractivity contribution in [2.45, 2.75) is 12.8 Å². The number of hydrogen-bond donors (Lipinski definition) is 0. The number of methoxy groups -OCH3 is 5. The molecule has 0 atom stereocenters. The number of rotatable bonds is 12. The summed E-state index contributed by atoms with van der Waals surface area (Å²) in [6.07, 6.45) is 5.33. The standard InChI is InChI=1S/C26H30N2O5/c1-7-8-9-12-28-21(17-27)20(19-10-11-22(29-2)23(16-19)30-3)13-18-14-24(31-4)26(33-6)25(15-18)32-5/h7,10-11,13-16H,1,8-9,12H2,2-6H3. The van der Waals surface area contributed by atoms with Gasteiger partial charge in [0.1, 0.15) is 11.8 Å². The van der Waals surface area contributed by atoms with Crippen LogP contribution in [0.1, 0.15) is 24.0 Å². The first-order valence-electron chi connectivity index (χ1n) is 10.4. The maximum absolute atomic E-state index is 9.94. The predicted octanol–water partition coefficient (Wildman–Crippen LogP) is 5.20. The first kappa shape index (κ1) is 25.3. The lowest BCUT2D eigenvalue weighted by Gasteiger charge is -2.14. The molecule has 2 aromatic carbocycles. The molecule has 0 aliphatic rings. The number of nitrogens with zero attached hydrogens (tertiary/aromatic N) is 2. The van der Waals surface area contributed by atoms with Gasteiger partial charge in [0.2, 0.25) is 5.75 Å². The lowest BCUT2D eigenvalue weighted by Crippen LogP contribution is -2.03. The largest absolute Gasteiger partial charge is 0.493 e. The summed E-state index contributed by atoms with van der Waals surface area (Å²) in [5, 5.41) is 9.94. The van der Waals surface area contributed by atoms with Crippen molar-refractivity contribution in [3.8, 4) is 34.8 Å². The molecule has 0 amide bonds. The summed E-state index contributed by atoms with van der Waals surface area (Å²) < 4.78 is 27.2. The predicted molar refractivity (Wildman–Crippen MR) is 131 cm³/mol. The summed E-state index contributed by atoms with van der Waals surface area (Å²) in [4.78, 5) is 4.55. The molecule has 0 unspecified atom stereocenters. The normalized spacial score (nSPS) is 11.4. The number of unbranched alkanes of at least 4 members (excludes halogenated alkanes) is 1. The van der Waals surface area contributed by atoms with Gasteiger partial charge in [-0.1, -0.05) is 12.1 Å². The molecular formula is C26H30N2O5. The zero-order chi connectivity index (χ0) is 24.2. The number of nitriles is 1. The molecule has 0 saturated heterocycles. The first-order chi connectivity index (χ1) is 16.1. The van der Waals surface area contributed by atoms with E-state index in [4.69, 9.17) is 23.7 Å². The van der Waals surface area contributed by atoms with E-state index in [-0.39, 0.29) is 0 Å². The Kier molecular flexibility index (Phi) is 9.84. The van der Waals surface area contributed by atoms with E-state index in [1.54, 1.807) is 41.6 Å². The van der Waals surface area contributed by atoms with Gasteiger partial charge >= 0.3 is 0 Å². The van der Waals surface area contributed by atoms with Gasteiger partial charge in [0, 0.05) is 12.1 Å². The highest BCUT2D eigenvalue weighted by Gasteiger charge is 2.16. The van der Waals surface area contributed by atoms with Crippen molar-refractivity contribution in [1.29, 1.82) is 5.26 Å². The second-order valence-electron chi connectivity index (χ2n) is 6.86. The van der Waals surface area contributed by atoms with Crippen LogP contribution in [0.4, 0.5) is 0 Å². The Bertz CT molecular complexity index is 1040. The molecule has 0 aliphatic carbocycles. The lowest BCUT2D eigenvalue weighted by molar-refractivity contribution is 0.324. The molecule has 0 saturated carbocycles. The Morgan fingerprint density at radius 1 is 0.909 bits per heavy atom. The topological polar surface area (TPSA) is 82.3 Å². The summed E-state index contributed by atoms with van der Waals surface area (Å²) in [5.74, 6) is 2.65. The van der Waals surface area contributed by atoms with Crippen molar-refractivity contribution in [3.63, 3.8) is 0 Å². The first-order valence-corrected chi connectivity index (χ1v) is 10.4. The Morgan fingerprint density at radius 2 is 1.55 bits per heavy atom. The second-order valence-corrected chi connectivity index (χ2v) is 6.86. The van der Waals surface area contributed by atoms with Gasteiger partial charge in [-0.3, -0.25) is 4.99 Å². The number of ether oxygens (including phenoxy) is 5. The van der Waals surface area contributed by atoms with Crippen LogP contribution in [0.25, 0.3) is 11.6 Å². The molecule has 33 heavy (non-hydrogen) atoms. The zero-order valence-electron chi connectivity index (χ0n) is 19.8. The van der Waals surface area contributed by atoms with Crippen molar-refractivity contribution in [3.05, 3.63) is 54.1 Å². The highest BCUT2D eigenvalue weighted by atomic mass is 16.5. The van der Waals surface area contributed by atoms with Crippen molar-refractivity contribution in [2.75, 3.05) is 42.1 Å². The molecular weight excluding hydrogens is 420 g/mol. The van der Waals surface area contributed by atoms with E-state index in [9.17, 15) is 5.26 Å². The summed E-state index contributed by atoms with van der Waals surface area (Å²) in [6, 6.07) is 11.3. The number of allylic oxidation sites excluding steroid dienone is 2. The van der Waals surface area contributed by atoms with Crippen molar-refractivity contribution < 1.29 is 23.7 Å². The summed E-state index contributed by atoms with van der Waals surface area (Å²) in [5.41, 5.74) is 2.44. The van der Waals surface area contributed by atoms with Crippen LogP contribution in [0.2, 0.25) is 0 Å². The summed E-state index contributed by atoms with van der Waals surface area (Å²) >= 11 is 0. The summed E-state index contributed by atoms with van der Waals surface area (Å²) in [6.45, 7) is 4.24. The minimum Gasteiger partial charge on any atom is -0.493 e. The van der Waals surface area contributed by atoms with Crippen LogP contribution in [0, 0.1) is 11.3 Å². The average molecular weight is 451 g/mol. The van der Waals surface area contributed by atoms with Gasteiger partial charge in [-0.2, -0.15) is 5.26 Å². The number of hydrogen-bond acceptors (Lipinski definition) is 7. The fourth-order valence-electron chi connectivity index (χ4n) is 3.25. The zero-order valence-corrected chi connectivity index (χ0v) is 19.8. The highest BCUT2D eigenvalue weighted by Crippen LogP contribution is 2.39. The molecule has 0 aromatic heterocycles. The van der Waals surface area contributed by atoms with Gasteiger partial charge in [0.05, 0.1) is 35.5 Å². The third-order valence-corrected chi connectivity index (χ3v) is 4.89. The number of benzene rings is 2. The van der Waals surface area contributed by atoms with Crippen LogP contribution in [0.3, 0.4) is 0 Å². The van der Waals surface area contributed by atoms with Gasteiger partial charge < -0.3 is 23.7 Å². The summed E-state index contributed by atoms with van der Waals surface area (Å²) in [7, 11) is 7.81. The molecule has 7 nitrogen and oxygen atoms in total. The van der Waals surface area contributed by atoms with E-state index in [0.717, 1.165) is 24.0 Å². The Hall–Kier alpha value is -3.92. The highest BCUT2D eigenvalue weighted by molar-refractivity contribution is 6.34. The van der Waals surface area contributed by atoms with Crippen LogP contribution >= 0.6 is 0 Å². The van der Waals surface area contributed by atoms with Crippen molar-refractivity contribution >= 4 is 17.4 Å². The van der Waals surface area contributed by atoms with Crippen LogP contribution in [0.5, 0.6) is 28.7 Å². The van der Waals surface area contributed by atoms with Crippen LogP contribution < -0.4 is 23.7 Å². The van der Waals surface area contributed by atoms with E-state index in [1.165, 1.54) is 0 Å². The molecule has 0 N–H and O–H groups in total. The Morgan fingerprint density at radius 3 is 2.06 bits per heavy atom. The van der Waals surface area contributed by atoms with Gasteiger partial charge in [-0.05, 0) is 54.3 Å². The lowest BCUT2D eigenvalue weighted by atomic mass is 9.97. The smallest absolute Gasteiger partial charge is 0.203 e. The van der Waals surface area contributed by atoms with E-state index >= 15 is 0 Å². The van der Waals surface area contributed by atoms with Gasteiger partial charge in [0.25, 0.3) is 0 Å². The maximum Gasteiger partial charge on any atom is 0.203 e. The number of aliphatic imine (C=N–C) groups is 1. The van der Waals surface area contributed by atoms with E-state index in [1.807, 2.05) is 36.4 Å². The molecule has 0 aliphatic heterocycles. The molecule has 0 fully saturated rings. The molecule has 7 heteroatoms. The van der Waals surface area contributed by atoms with E-state index in [0.29, 0.717) is 46.6 Å². The maximum atomic E-state index is 9.94. The minimum absolute atomic E-state index is 0.306. The molecule has 2 rings (SSSR count). The van der Waals surface area contributed by atoms with Crippen molar-refractivity contribution in [1.82, 2.24) is 0 Å². The minimum atomic E-state index is 0.306. The molecule has 174 valence electrons. The molecule has 0 bridgehead atoms. The van der Waals surface area contributed by atoms with Crippen LogP contribution in [-0.4, -0.2) is 47.8 Å². The van der Waals surface area contributed by atoms with Gasteiger partial charge in [0.15, 0.2) is 23.0 Å². The van der Waals surface area contributed by atoms with E-state index < -0.39 is 0 Å². The second kappa shape index (κ2) is 12.8. The fraction of sp³-hybridized carbons (Fsp3) is 0.308. The quantitative estimate of drug-likeness (QED) is 0.191. The Labute approximate surface area is 195 Å². The average Bonchev–Trinajstić information content (AvgIpc) is 2.86. The third kappa shape index (κ3) is 6.30. The fourth-order valence-corrected chi connectivity index (χ4v) is 3.25. The van der Waals surface area contributed by atoms with Gasteiger partial charge in [-0.25, -0.2) is 0 Å². The van der Waals surface area contributed by atoms with Gasteiger partial charge in [-0.15, -0.1) is 6.58 Å². The van der Waals surface area contributed by atoms with E-state index in [2.05, 4.69) is 17.6 Å². The molecule has 0 spiro atoms. The van der Waals surface area contributed by atoms with Crippen LogP contribution in [-0.2, 0) is 0 Å². The SMILES string of the molecule is C=CCCCN=C(C#N)C(=Cc1cc(OC)c(OC)c(OC)c1)c1ccc(OC)c(OC)c1. The van der Waals surface area contributed by atoms with Crippen LogP contribution in [0.15, 0.2) is 48.0 Å². The molecule has 2 aromatic rings. The van der Waals surface area contributed by atoms with Crippen molar-refractivity contribution in [2.24, 2.45) is 4.99 Å². The molecule has 0 heterocycles. The monoisotopic (exact) mass is 450 g/mol. The Balaban J connectivity index is 2.71. The molecule has 0 radical (unpaired) electrons. The third-order valence-electron chi connectivity index (χ3n) is 4.89.